The standard InChI is InChI=1S/C17H22N2OS/c1-2-21(20)15-8-5-7-14(12-15)18-17-11-10-13-6-3-4-9-16(13)19-17/h3-4,6,9-11,14-15H,2,5,7-8,12H2,1H3,(H,18,19). The lowest BCUT2D eigenvalue weighted by molar-refractivity contribution is 0.464. The lowest BCUT2D eigenvalue weighted by Gasteiger charge is -2.29. The summed E-state index contributed by atoms with van der Waals surface area (Å²) >= 11 is 0. The van der Waals surface area contributed by atoms with E-state index in [2.05, 4.69) is 22.4 Å². The van der Waals surface area contributed by atoms with Crippen molar-refractivity contribution >= 4 is 27.5 Å². The van der Waals surface area contributed by atoms with Crippen LogP contribution in [0.1, 0.15) is 32.6 Å². The maximum atomic E-state index is 12.0. The Morgan fingerprint density at radius 1 is 1.24 bits per heavy atom. The summed E-state index contributed by atoms with van der Waals surface area (Å²) in [5.74, 6) is 1.70. The molecule has 2 aromatic rings. The Balaban J connectivity index is 1.71. The van der Waals surface area contributed by atoms with E-state index >= 15 is 0 Å². The zero-order chi connectivity index (χ0) is 14.7. The highest BCUT2D eigenvalue weighted by Crippen LogP contribution is 2.25. The van der Waals surface area contributed by atoms with Crippen LogP contribution in [-0.2, 0) is 10.8 Å². The van der Waals surface area contributed by atoms with Crippen LogP contribution in [0.2, 0.25) is 0 Å². The molecule has 3 unspecified atom stereocenters. The van der Waals surface area contributed by atoms with Gasteiger partial charge in [-0.2, -0.15) is 0 Å². The second-order valence-corrected chi connectivity index (χ2v) is 7.69. The minimum absolute atomic E-state index is 0.349. The molecule has 0 bridgehead atoms. The van der Waals surface area contributed by atoms with Crippen molar-refractivity contribution in [2.75, 3.05) is 11.1 Å². The maximum absolute atomic E-state index is 12.0. The van der Waals surface area contributed by atoms with Crippen molar-refractivity contribution < 1.29 is 4.21 Å². The lowest BCUT2D eigenvalue weighted by atomic mass is 9.95. The molecule has 4 heteroatoms. The molecule has 0 aliphatic heterocycles. The molecule has 1 aromatic heterocycles. The molecule has 1 fully saturated rings. The van der Waals surface area contributed by atoms with E-state index in [0.29, 0.717) is 11.3 Å². The van der Waals surface area contributed by atoms with Crippen LogP contribution in [0.5, 0.6) is 0 Å². The van der Waals surface area contributed by atoms with Crippen molar-refractivity contribution in [2.24, 2.45) is 0 Å². The SMILES string of the molecule is CCS(=O)C1CCCC(Nc2ccc3ccccc3n2)C1. The fraction of sp³-hybridized carbons (Fsp3) is 0.471. The van der Waals surface area contributed by atoms with Crippen LogP contribution in [0.3, 0.4) is 0 Å². The minimum Gasteiger partial charge on any atom is -0.367 e. The molecule has 1 saturated carbocycles. The van der Waals surface area contributed by atoms with E-state index in [0.717, 1.165) is 48.2 Å². The summed E-state index contributed by atoms with van der Waals surface area (Å²) in [5, 5.41) is 5.05. The van der Waals surface area contributed by atoms with Crippen LogP contribution >= 0.6 is 0 Å². The van der Waals surface area contributed by atoms with Gasteiger partial charge in [0.15, 0.2) is 0 Å². The third-order valence-corrected chi connectivity index (χ3v) is 5.97. The van der Waals surface area contributed by atoms with Gasteiger partial charge in [-0.1, -0.05) is 31.5 Å². The van der Waals surface area contributed by atoms with Gasteiger partial charge < -0.3 is 5.32 Å². The second kappa shape index (κ2) is 6.56. The monoisotopic (exact) mass is 302 g/mol. The number of fused-ring (bicyclic) bond motifs is 1. The zero-order valence-corrected chi connectivity index (χ0v) is 13.2. The molecular formula is C17H22N2OS. The summed E-state index contributed by atoms with van der Waals surface area (Å²) in [5.41, 5.74) is 1.02. The number of pyridine rings is 1. The van der Waals surface area contributed by atoms with Gasteiger partial charge >= 0.3 is 0 Å². The van der Waals surface area contributed by atoms with Crippen LogP contribution < -0.4 is 5.32 Å². The smallest absolute Gasteiger partial charge is 0.126 e. The average molecular weight is 302 g/mol. The number of nitrogens with zero attached hydrogens (tertiary/aromatic N) is 1. The summed E-state index contributed by atoms with van der Waals surface area (Å²) in [6.45, 7) is 2.01. The topological polar surface area (TPSA) is 42.0 Å². The molecule has 0 amide bonds. The molecule has 3 rings (SSSR count). The first-order chi connectivity index (χ1) is 10.3. The molecule has 1 aliphatic rings. The predicted octanol–water partition coefficient (Wildman–Crippen LogP) is 3.73. The van der Waals surface area contributed by atoms with Crippen molar-refractivity contribution in [2.45, 2.75) is 43.9 Å². The Labute approximate surface area is 128 Å². The molecule has 1 aromatic carbocycles. The van der Waals surface area contributed by atoms with E-state index in [1.54, 1.807) is 0 Å². The lowest BCUT2D eigenvalue weighted by Crippen LogP contribution is -2.33. The van der Waals surface area contributed by atoms with Crippen LogP contribution in [0.15, 0.2) is 36.4 Å². The van der Waals surface area contributed by atoms with Crippen molar-refractivity contribution in [1.82, 2.24) is 4.98 Å². The van der Waals surface area contributed by atoms with Crippen molar-refractivity contribution in [3.8, 4) is 0 Å². The van der Waals surface area contributed by atoms with Gasteiger partial charge in [0.25, 0.3) is 0 Å². The first-order valence-corrected chi connectivity index (χ1v) is 9.14. The molecule has 21 heavy (non-hydrogen) atoms. The van der Waals surface area contributed by atoms with Gasteiger partial charge in [-0.25, -0.2) is 4.98 Å². The molecule has 1 aliphatic carbocycles. The summed E-state index contributed by atoms with van der Waals surface area (Å²) in [6, 6.07) is 12.7. The van der Waals surface area contributed by atoms with Gasteiger partial charge in [0.2, 0.25) is 0 Å². The number of aromatic nitrogens is 1. The second-order valence-electron chi connectivity index (χ2n) is 5.69. The number of hydrogen-bond donors (Lipinski definition) is 1. The summed E-state index contributed by atoms with van der Waals surface area (Å²) in [6.07, 6.45) is 4.40. The number of benzene rings is 1. The Bertz CT molecular complexity index is 643. The van der Waals surface area contributed by atoms with Crippen LogP contribution in [-0.4, -0.2) is 26.2 Å². The van der Waals surface area contributed by atoms with E-state index < -0.39 is 10.8 Å². The highest BCUT2D eigenvalue weighted by molar-refractivity contribution is 7.85. The van der Waals surface area contributed by atoms with E-state index in [1.165, 1.54) is 0 Å². The Morgan fingerprint density at radius 3 is 2.95 bits per heavy atom. The summed E-state index contributed by atoms with van der Waals surface area (Å²) in [4.78, 5) is 4.67. The number of anilines is 1. The van der Waals surface area contributed by atoms with Gasteiger partial charge in [0, 0.05) is 33.2 Å². The van der Waals surface area contributed by atoms with Gasteiger partial charge in [-0.05, 0) is 37.5 Å². The van der Waals surface area contributed by atoms with E-state index in [9.17, 15) is 4.21 Å². The molecule has 0 spiro atoms. The quantitative estimate of drug-likeness (QED) is 0.936. The van der Waals surface area contributed by atoms with Crippen LogP contribution in [0.4, 0.5) is 5.82 Å². The highest BCUT2D eigenvalue weighted by Gasteiger charge is 2.25. The fourth-order valence-corrected chi connectivity index (χ4v) is 4.45. The van der Waals surface area contributed by atoms with Crippen molar-refractivity contribution in [3.05, 3.63) is 36.4 Å². The van der Waals surface area contributed by atoms with E-state index in [-0.39, 0.29) is 0 Å². The molecule has 0 saturated heterocycles. The van der Waals surface area contributed by atoms with Crippen molar-refractivity contribution in [1.29, 1.82) is 0 Å². The van der Waals surface area contributed by atoms with Gasteiger partial charge in [0.05, 0.1) is 5.52 Å². The van der Waals surface area contributed by atoms with Crippen molar-refractivity contribution in [3.63, 3.8) is 0 Å². The Kier molecular flexibility index (Phi) is 4.54. The van der Waals surface area contributed by atoms with Gasteiger partial charge in [0.1, 0.15) is 5.82 Å². The molecule has 0 radical (unpaired) electrons. The van der Waals surface area contributed by atoms with E-state index in [1.807, 2.05) is 31.2 Å². The number of hydrogen-bond acceptors (Lipinski definition) is 3. The molecule has 1 heterocycles. The van der Waals surface area contributed by atoms with Gasteiger partial charge in [-0.15, -0.1) is 0 Å². The molecule has 3 atom stereocenters. The number of rotatable bonds is 4. The zero-order valence-electron chi connectivity index (χ0n) is 12.4. The summed E-state index contributed by atoms with van der Waals surface area (Å²) in [7, 11) is -0.675. The van der Waals surface area contributed by atoms with Crippen LogP contribution in [0, 0.1) is 0 Å². The maximum Gasteiger partial charge on any atom is 0.126 e. The first-order valence-electron chi connectivity index (χ1n) is 7.76. The molecule has 112 valence electrons. The third kappa shape index (κ3) is 3.43. The fourth-order valence-electron chi connectivity index (χ4n) is 3.11. The van der Waals surface area contributed by atoms with Gasteiger partial charge in [-0.3, -0.25) is 4.21 Å². The largest absolute Gasteiger partial charge is 0.367 e. The molecule has 3 nitrogen and oxygen atoms in total. The average Bonchev–Trinajstić information content (AvgIpc) is 2.54. The number of nitrogens with one attached hydrogen (secondary N) is 1. The third-order valence-electron chi connectivity index (χ3n) is 4.23. The molecule has 1 N–H and O–H groups in total. The highest BCUT2D eigenvalue weighted by atomic mass is 32.2. The van der Waals surface area contributed by atoms with E-state index in [4.69, 9.17) is 0 Å². The Morgan fingerprint density at radius 2 is 2.10 bits per heavy atom. The number of para-hydroxylation sites is 1. The first kappa shape index (κ1) is 14.5. The minimum atomic E-state index is -0.675. The van der Waals surface area contributed by atoms with Crippen LogP contribution in [0.25, 0.3) is 10.9 Å². The predicted molar refractivity (Wildman–Crippen MR) is 90.1 cm³/mol. The molecular weight excluding hydrogens is 280 g/mol. The normalized spacial score (nSPS) is 23.9. The Hall–Kier alpha value is -1.42. The summed E-state index contributed by atoms with van der Waals surface area (Å²) < 4.78 is 12.0.